The van der Waals surface area contributed by atoms with Gasteiger partial charge in [-0.15, -0.1) is 0 Å². The topological polar surface area (TPSA) is 80.2 Å². The molecule has 0 radical (unpaired) electrons. The highest BCUT2D eigenvalue weighted by molar-refractivity contribution is 8.15. The summed E-state index contributed by atoms with van der Waals surface area (Å²) in [6, 6.07) is 19.5. The number of amides is 2. The van der Waals surface area contributed by atoms with Gasteiger partial charge in [0.25, 0.3) is 0 Å². The average molecular weight is 556 g/mol. The van der Waals surface area contributed by atoms with Gasteiger partial charge in [0.15, 0.2) is 16.7 Å². The van der Waals surface area contributed by atoms with Crippen molar-refractivity contribution >= 4 is 34.4 Å². The average Bonchev–Trinajstić information content (AvgIpc) is 3.39. The molecule has 2 amide bonds. The van der Waals surface area contributed by atoms with Crippen LogP contribution in [0.5, 0.6) is 11.5 Å². The quantitative estimate of drug-likeness (QED) is 0.427. The molecule has 2 aliphatic rings. The molecule has 39 heavy (non-hydrogen) atoms. The molecule has 7 nitrogen and oxygen atoms in total. The number of nitrogens with one attached hydrogen (secondary N) is 1. The molecule has 1 atom stereocenters. The van der Waals surface area contributed by atoms with Crippen LogP contribution in [0, 0.1) is 0 Å². The van der Waals surface area contributed by atoms with E-state index in [1.807, 2.05) is 30.3 Å². The van der Waals surface area contributed by atoms with E-state index in [1.165, 1.54) is 17.0 Å². The summed E-state index contributed by atoms with van der Waals surface area (Å²) >= 11 is 1.06. The third-order valence-electron chi connectivity index (χ3n) is 6.16. The lowest BCUT2D eigenvalue weighted by Gasteiger charge is -2.32. The first-order chi connectivity index (χ1) is 18.8. The summed E-state index contributed by atoms with van der Waals surface area (Å²) in [4.78, 5) is 32.0. The van der Waals surface area contributed by atoms with Gasteiger partial charge >= 0.3 is 6.18 Å². The van der Waals surface area contributed by atoms with Gasteiger partial charge in [-0.2, -0.15) is 13.2 Å². The van der Waals surface area contributed by atoms with Crippen molar-refractivity contribution < 1.29 is 32.2 Å². The largest absolute Gasteiger partial charge is 0.454 e. The summed E-state index contributed by atoms with van der Waals surface area (Å²) in [5.41, 5.74) is 0.956. The second kappa shape index (κ2) is 11.4. The molecule has 0 bridgehead atoms. The zero-order valence-corrected chi connectivity index (χ0v) is 21.4. The maximum absolute atomic E-state index is 13.3. The van der Waals surface area contributed by atoms with Crippen molar-refractivity contribution in [2.45, 2.75) is 30.8 Å². The van der Waals surface area contributed by atoms with Gasteiger partial charge in [-0.05, 0) is 47.9 Å². The molecule has 1 saturated heterocycles. The Bertz CT molecular complexity index is 1400. The van der Waals surface area contributed by atoms with Crippen LogP contribution in [0.3, 0.4) is 0 Å². The molecule has 11 heteroatoms. The lowest BCUT2D eigenvalue weighted by atomic mass is 10.1. The van der Waals surface area contributed by atoms with Gasteiger partial charge in [-0.25, -0.2) is 4.99 Å². The molecule has 5 rings (SSSR count). The van der Waals surface area contributed by atoms with E-state index in [2.05, 4.69) is 10.3 Å². The van der Waals surface area contributed by atoms with E-state index in [0.717, 1.165) is 35.0 Å². The number of carbonyl (C=O) groups excluding carboxylic acids is 2. The summed E-state index contributed by atoms with van der Waals surface area (Å²) in [6.07, 6.45) is -3.99. The minimum atomic E-state index is -4.54. The zero-order valence-electron chi connectivity index (χ0n) is 20.6. The van der Waals surface area contributed by atoms with Crippen molar-refractivity contribution in [1.29, 1.82) is 0 Å². The second-order valence-electron chi connectivity index (χ2n) is 8.95. The molecule has 202 valence electrons. The fourth-order valence-corrected chi connectivity index (χ4v) is 5.29. The molecule has 3 aromatic rings. The number of hydrogen-bond acceptors (Lipinski definition) is 6. The summed E-state index contributed by atoms with van der Waals surface area (Å²) in [5, 5.41) is 2.24. The van der Waals surface area contributed by atoms with E-state index < -0.39 is 17.0 Å². The van der Waals surface area contributed by atoms with Crippen molar-refractivity contribution in [3.8, 4) is 11.5 Å². The minimum absolute atomic E-state index is 0.0287. The number of carbonyl (C=O) groups is 2. The Morgan fingerprint density at radius 1 is 1.00 bits per heavy atom. The summed E-state index contributed by atoms with van der Waals surface area (Å²) in [7, 11) is 0. The Balaban J connectivity index is 1.37. The van der Waals surface area contributed by atoms with Crippen molar-refractivity contribution in [3.05, 3.63) is 89.5 Å². The van der Waals surface area contributed by atoms with E-state index in [1.54, 1.807) is 18.2 Å². The number of benzene rings is 3. The van der Waals surface area contributed by atoms with Crippen molar-refractivity contribution in [2.75, 3.05) is 13.3 Å². The van der Waals surface area contributed by atoms with Crippen LogP contribution in [0.2, 0.25) is 0 Å². The zero-order chi connectivity index (χ0) is 27.4. The number of aliphatic imine (C=N–C) groups is 1. The van der Waals surface area contributed by atoms with Crippen LogP contribution in [-0.2, 0) is 28.7 Å². The monoisotopic (exact) mass is 555 g/mol. The molecular formula is C28H24F3N3O4S. The summed E-state index contributed by atoms with van der Waals surface area (Å²) in [6.45, 7) is 0.582. The Morgan fingerprint density at radius 2 is 1.79 bits per heavy atom. The number of ether oxygens (including phenoxy) is 2. The molecular weight excluding hydrogens is 531 g/mol. The number of thioether (sulfide) groups is 1. The van der Waals surface area contributed by atoms with Crippen molar-refractivity contribution in [1.82, 2.24) is 10.2 Å². The van der Waals surface area contributed by atoms with Crippen molar-refractivity contribution in [3.63, 3.8) is 0 Å². The minimum Gasteiger partial charge on any atom is -0.454 e. The lowest BCUT2D eigenvalue weighted by Crippen LogP contribution is -2.46. The molecule has 0 aromatic heterocycles. The first kappa shape index (κ1) is 26.6. The number of nitrogens with zero attached hydrogens (tertiary/aromatic N) is 2. The van der Waals surface area contributed by atoms with Crippen LogP contribution in [-0.4, -0.2) is 40.5 Å². The van der Waals surface area contributed by atoms with E-state index in [4.69, 9.17) is 9.47 Å². The number of halogens is 3. The van der Waals surface area contributed by atoms with Gasteiger partial charge < -0.3 is 14.8 Å². The third-order valence-corrected chi connectivity index (χ3v) is 7.35. The van der Waals surface area contributed by atoms with Gasteiger partial charge in [0, 0.05) is 13.0 Å². The smallest absolute Gasteiger partial charge is 0.416 e. The highest BCUT2D eigenvalue weighted by Crippen LogP contribution is 2.36. The van der Waals surface area contributed by atoms with Gasteiger partial charge in [0.05, 0.1) is 23.0 Å². The van der Waals surface area contributed by atoms with Crippen LogP contribution in [0.4, 0.5) is 18.9 Å². The maximum atomic E-state index is 13.3. The van der Waals surface area contributed by atoms with E-state index in [0.29, 0.717) is 24.5 Å². The fraction of sp³-hybridized carbons (Fsp3) is 0.250. The Morgan fingerprint density at radius 3 is 2.59 bits per heavy atom. The first-order valence-electron chi connectivity index (χ1n) is 12.2. The van der Waals surface area contributed by atoms with Crippen molar-refractivity contribution in [2.24, 2.45) is 4.99 Å². The van der Waals surface area contributed by atoms with E-state index in [-0.39, 0.29) is 42.4 Å². The fourth-order valence-electron chi connectivity index (χ4n) is 4.17. The van der Waals surface area contributed by atoms with Crippen LogP contribution in [0.1, 0.15) is 23.1 Å². The molecule has 1 unspecified atom stereocenters. The van der Waals surface area contributed by atoms with Crippen LogP contribution in [0.15, 0.2) is 77.8 Å². The number of rotatable bonds is 7. The summed E-state index contributed by atoms with van der Waals surface area (Å²) < 4.78 is 50.6. The van der Waals surface area contributed by atoms with Gasteiger partial charge in [0.2, 0.25) is 18.6 Å². The number of fused-ring (bicyclic) bond motifs is 1. The van der Waals surface area contributed by atoms with Crippen LogP contribution in [0.25, 0.3) is 0 Å². The Kier molecular flexibility index (Phi) is 7.78. The molecule has 0 saturated carbocycles. The third kappa shape index (κ3) is 6.54. The SMILES string of the molecule is O=C(NCCc1ccccc1)C1CC(=O)N(Cc2ccc3c(c2)OCO3)C(=Nc2cccc(C(F)(F)F)c2)S1. The second-order valence-corrected chi connectivity index (χ2v) is 10.1. The molecule has 2 aliphatic heterocycles. The van der Waals surface area contributed by atoms with Crippen LogP contribution >= 0.6 is 11.8 Å². The standard InChI is InChI=1S/C28H24F3N3O4S/c29-28(30,31)20-7-4-8-21(14-20)33-27-34(16-19-9-10-22-23(13-19)38-17-37-22)25(35)15-24(39-27)26(36)32-12-11-18-5-2-1-3-6-18/h1-10,13-14,24H,11-12,15-17H2,(H,32,36). The predicted molar refractivity (Wildman–Crippen MR) is 141 cm³/mol. The Labute approximate surface area is 227 Å². The lowest BCUT2D eigenvalue weighted by molar-refractivity contribution is -0.137. The van der Waals surface area contributed by atoms with Gasteiger partial charge in [-0.3, -0.25) is 14.5 Å². The number of amidine groups is 1. The molecule has 3 aromatic carbocycles. The number of hydrogen-bond donors (Lipinski definition) is 1. The number of alkyl halides is 3. The maximum Gasteiger partial charge on any atom is 0.416 e. The first-order valence-corrected chi connectivity index (χ1v) is 13.1. The molecule has 1 N–H and O–H groups in total. The normalized spacial score (nSPS) is 17.9. The molecule has 1 fully saturated rings. The van der Waals surface area contributed by atoms with Gasteiger partial charge in [0.1, 0.15) is 0 Å². The molecule has 0 aliphatic carbocycles. The predicted octanol–water partition coefficient (Wildman–Crippen LogP) is 5.31. The molecule has 0 spiro atoms. The Hall–Kier alpha value is -3.99. The van der Waals surface area contributed by atoms with E-state index >= 15 is 0 Å². The highest BCUT2D eigenvalue weighted by Gasteiger charge is 2.36. The summed E-state index contributed by atoms with van der Waals surface area (Å²) in [5.74, 6) is 0.434. The van der Waals surface area contributed by atoms with Crippen LogP contribution < -0.4 is 14.8 Å². The highest BCUT2D eigenvalue weighted by atomic mass is 32.2. The van der Waals surface area contributed by atoms with E-state index in [9.17, 15) is 22.8 Å². The molecule has 2 heterocycles. The van der Waals surface area contributed by atoms with Gasteiger partial charge in [-0.1, -0.05) is 54.2 Å².